The van der Waals surface area contributed by atoms with Gasteiger partial charge in [0.05, 0.1) is 5.56 Å². The lowest BCUT2D eigenvalue weighted by Crippen LogP contribution is -2.25. The highest BCUT2D eigenvalue weighted by Gasteiger charge is 2.07. The number of benzene rings is 1. The number of hydrogen-bond donors (Lipinski definition) is 3. The summed E-state index contributed by atoms with van der Waals surface area (Å²) >= 11 is 0. The molecule has 24 heavy (non-hydrogen) atoms. The molecule has 0 saturated heterocycles. The fourth-order valence-electron chi connectivity index (χ4n) is 2.56. The topological polar surface area (TPSA) is 69.8 Å². The molecule has 0 aliphatic rings. The summed E-state index contributed by atoms with van der Waals surface area (Å²) in [4.78, 5) is 19.6. The van der Waals surface area contributed by atoms with Crippen molar-refractivity contribution in [2.45, 2.75) is 6.42 Å². The molecule has 0 aliphatic carbocycles. The van der Waals surface area contributed by atoms with Crippen molar-refractivity contribution in [1.29, 1.82) is 0 Å². The van der Waals surface area contributed by atoms with Crippen molar-refractivity contribution in [3.05, 3.63) is 72.6 Å². The Balaban J connectivity index is 1.54. The summed E-state index contributed by atoms with van der Waals surface area (Å²) in [5, 5.41) is 7.21. The second-order valence-corrected chi connectivity index (χ2v) is 5.47. The van der Waals surface area contributed by atoms with Crippen molar-refractivity contribution in [2.24, 2.45) is 0 Å². The minimum absolute atomic E-state index is 0.113. The largest absolute Gasteiger partial charge is 0.367 e. The number of anilines is 1. The van der Waals surface area contributed by atoms with E-state index in [1.165, 1.54) is 10.9 Å². The van der Waals surface area contributed by atoms with Gasteiger partial charge in [-0.15, -0.1) is 6.58 Å². The monoisotopic (exact) mass is 320 g/mol. The zero-order valence-electron chi connectivity index (χ0n) is 13.4. The third-order valence-corrected chi connectivity index (χ3v) is 3.81. The first-order valence-corrected chi connectivity index (χ1v) is 7.92. The summed E-state index contributed by atoms with van der Waals surface area (Å²) in [6, 6.07) is 11.7. The van der Waals surface area contributed by atoms with Gasteiger partial charge in [-0.1, -0.05) is 24.3 Å². The van der Waals surface area contributed by atoms with E-state index in [0.29, 0.717) is 18.7 Å². The molecule has 0 atom stereocenters. The second kappa shape index (κ2) is 7.46. The van der Waals surface area contributed by atoms with E-state index in [0.717, 1.165) is 17.8 Å². The van der Waals surface area contributed by atoms with Gasteiger partial charge in [0.1, 0.15) is 5.82 Å². The van der Waals surface area contributed by atoms with Gasteiger partial charge < -0.3 is 15.6 Å². The Hall–Kier alpha value is -3.08. The second-order valence-electron chi connectivity index (χ2n) is 5.47. The van der Waals surface area contributed by atoms with Crippen LogP contribution in [-0.4, -0.2) is 29.0 Å². The number of hydrogen-bond acceptors (Lipinski definition) is 3. The molecule has 5 heteroatoms. The summed E-state index contributed by atoms with van der Waals surface area (Å²) in [5.74, 6) is 0.614. The quantitative estimate of drug-likeness (QED) is 0.586. The molecule has 1 amide bonds. The van der Waals surface area contributed by atoms with E-state index < -0.39 is 0 Å². The van der Waals surface area contributed by atoms with Crippen LogP contribution in [0.2, 0.25) is 0 Å². The fourth-order valence-corrected chi connectivity index (χ4v) is 2.56. The molecular weight excluding hydrogens is 300 g/mol. The van der Waals surface area contributed by atoms with Gasteiger partial charge in [-0.3, -0.25) is 4.79 Å². The van der Waals surface area contributed by atoms with Crippen LogP contribution < -0.4 is 10.6 Å². The van der Waals surface area contributed by atoms with Gasteiger partial charge in [-0.2, -0.15) is 0 Å². The van der Waals surface area contributed by atoms with E-state index in [4.69, 9.17) is 0 Å². The summed E-state index contributed by atoms with van der Waals surface area (Å²) in [6.45, 7) is 4.86. The number of carbonyl (C=O) groups excluding carboxylic acids is 1. The number of H-pyrrole nitrogens is 1. The van der Waals surface area contributed by atoms with Crippen LogP contribution in [0.25, 0.3) is 10.9 Å². The number of nitrogens with zero attached hydrogens (tertiary/aromatic N) is 1. The Labute approximate surface area is 140 Å². The summed E-state index contributed by atoms with van der Waals surface area (Å²) in [5.41, 5.74) is 2.87. The molecule has 122 valence electrons. The maximum Gasteiger partial charge on any atom is 0.252 e. The van der Waals surface area contributed by atoms with Crippen molar-refractivity contribution in [1.82, 2.24) is 15.3 Å². The number of aromatic nitrogens is 2. The highest BCUT2D eigenvalue weighted by atomic mass is 16.1. The molecule has 0 fully saturated rings. The first-order chi connectivity index (χ1) is 11.8. The van der Waals surface area contributed by atoms with Crippen molar-refractivity contribution >= 4 is 22.6 Å². The molecule has 3 N–H and O–H groups in total. The van der Waals surface area contributed by atoms with E-state index in [1.807, 2.05) is 24.4 Å². The van der Waals surface area contributed by atoms with E-state index in [1.54, 1.807) is 24.4 Å². The highest BCUT2D eigenvalue weighted by molar-refractivity contribution is 5.94. The van der Waals surface area contributed by atoms with Gasteiger partial charge in [0.25, 0.3) is 5.91 Å². The Kier molecular flexibility index (Phi) is 4.91. The Morgan fingerprint density at radius 3 is 2.92 bits per heavy atom. The van der Waals surface area contributed by atoms with Crippen molar-refractivity contribution in [3.8, 4) is 0 Å². The van der Waals surface area contributed by atoms with Crippen LogP contribution in [0.4, 0.5) is 5.82 Å². The van der Waals surface area contributed by atoms with Gasteiger partial charge in [0, 0.05) is 36.4 Å². The number of amides is 1. The minimum atomic E-state index is -0.113. The van der Waals surface area contributed by atoms with Gasteiger partial charge in [0.2, 0.25) is 0 Å². The zero-order chi connectivity index (χ0) is 16.8. The van der Waals surface area contributed by atoms with E-state index in [9.17, 15) is 4.79 Å². The smallest absolute Gasteiger partial charge is 0.252 e. The Morgan fingerprint density at radius 2 is 2.12 bits per heavy atom. The molecule has 0 saturated carbocycles. The van der Waals surface area contributed by atoms with Crippen LogP contribution in [0.15, 0.2) is 61.4 Å². The lowest BCUT2D eigenvalue weighted by molar-refractivity contribution is 0.0954. The number of nitrogens with one attached hydrogen (secondary N) is 3. The maximum atomic E-state index is 12.2. The molecular formula is C19H20N4O. The molecule has 3 aromatic rings. The minimum Gasteiger partial charge on any atom is -0.367 e. The summed E-state index contributed by atoms with van der Waals surface area (Å²) < 4.78 is 0. The molecule has 0 radical (unpaired) electrons. The van der Waals surface area contributed by atoms with Crippen LogP contribution in [0.1, 0.15) is 15.9 Å². The van der Waals surface area contributed by atoms with E-state index in [-0.39, 0.29) is 5.91 Å². The van der Waals surface area contributed by atoms with Crippen molar-refractivity contribution < 1.29 is 4.79 Å². The van der Waals surface area contributed by atoms with Crippen molar-refractivity contribution in [3.63, 3.8) is 0 Å². The standard InChI is InChI=1S/C19H20N4O/c1-2-10-20-18-8-7-15(13-23-18)19(24)21-11-9-14-12-22-17-6-4-3-5-16(14)17/h2-8,12-13,22H,1,9-11H2,(H,20,23)(H,21,24). The number of pyridine rings is 1. The van der Waals surface area contributed by atoms with Crippen LogP contribution in [0.3, 0.4) is 0 Å². The van der Waals surface area contributed by atoms with E-state index >= 15 is 0 Å². The predicted octanol–water partition coefficient (Wildman–Crippen LogP) is 3.13. The number of carbonyl (C=O) groups is 1. The SMILES string of the molecule is C=CCNc1ccc(C(=O)NCCc2c[nH]c3ccccc23)cn1. The number of aromatic amines is 1. The van der Waals surface area contributed by atoms with Gasteiger partial charge >= 0.3 is 0 Å². The molecule has 0 aliphatic heterocycles. The lowest BCUT2D eigenvalue weighted by atomic mass is 10.1. The van der Waals surface area contributed by atoms with Crippen LogP contribution in [-0.2, 0) is 6.42 Å². The normalized spacial score (nSPS) is 10.5. The van der Waals surface area contributed by atoms with Crippen LogP contribution in [0, 0.1) is 0 Å². The molecule has 5 nitrogen and oxygen atoms in total. The highest BCUT2D eigenvalue weighted by Crippen LogP contribution is 2.17. The Morgan fingerprint density at radius 1 is 1.25 bits per heavy atom. The third kappa shape index (κ3) is 3.63. The number of rotatable bonds is 7. The fraction of sp³-hybridized carbons (Fsp3) is 0.158. The zero-order valence-corrected chi connectivity index (χ0v) is 13.4. The average Bonchev–Trinajstić information content (AvgIpc) is 3.03. The maximum absolute atomic E-state index is 12.2. The summed E-state index contributed by atoms with van der Waals surface area (Å²) in [6.07, 6.45) is 6.11. The van der Waals surface area contributed by atoms with Gasteiger partial charge in [-0.25, -0.2) is 4.98 Å². The molecule has 1 aromatic carbocycles. The van der Waals surface area contributed by atoms with E-state index in [2.05, 4.69) is 33.2 Å². The Bertz CT molecular complexity index is 836. The third-order valence-electron chi connectivity index (χ3n) is 3.81. The molecule has 2 heterocycles. The number of fused-ring (bicyclic) bond motifs is 1. The van der Waals surface area contributed by atoms with Crippen LogP contribution in [0.5, 0.6) is 0 Å². The molecule has 0 unspecified atom stereocenters. The van der Waals surface area contributed by atoms with Crippen LogP contribution >= 0.6 is 0 Å². The molecule has 0 bridgehead atoms. The predicted molar refractivity (Wildman–Crippen MR) is 97.3 cm³/mol. The van der Waals surface area contributed by atoms with Crippen molar-refractivity contribution in [2.75, 3.05) is 18.4 Å². The molecule has 3 rings (SSSR count). The molecule has 0 spiro atoms. The number of para-hydroxylation sites is 1. The van der Waals surface area contributed by atoms with Gasteiger partial charge in [-0.05, 0) is 30.2 Å². The molecule has 2 aromatic heterocycles. The summed E-state index contributed by atoms with van der Waals surface area (Å²) in [7, 11) is 0. The van der Waals surface area contributed by atoms with Gasteiger partial charge in [0.15, 0.2) is 0 Å². The first kappa shape index (κ1) is 15.8. The lowest BCUT2D eigenvalue weighted by Gasteiger charge is -2.06. The first-order valence-electron chi connectivity index (χ1n) is 7.92. The average molecular weight is 320 g/mol.